The second kappa shape index (κ2) is 4.87. The van der Waals surface area contributed by atoms with E-state index in [4.69, 9.17) is 5.11 Å². The highest BCUT2D eigenvalue weighted by atomic mass is 19.2. The largest absolute Gasteiger partial charge is 0.476 e. The topological polar surface area (TPSA) is 97.1 Å². The van der Waals surface area contributed by atoms with Gasteiger partial charge in [0, 0.05) is 5.56 Å². The molecule has 0 saturated carbocycles. The van der Waals surface area contributed by atoms with Gasteiger partial charge in [-0.3, -0.25) is 4.79 Å². The number of hydrogen-bond acceptors (Lipinski definition) is 4. The molecule has 0 fully saturated rings. The van der Waals surface area contributed by atoms with Gasteiger partial charge in [-0.05, 0) is 13.0 Å². The van der Waals surface area contributed by atoms with Crippen LogP contribution in [0.15, 0.2) is 12.1 Å². The van der Waals surface area contributed by atoms with Crippen LogP contribution in [0.25, 0.3) is 0 Å². The summed E-state index contributed by atoms with van der Waals surface area (Å²) in [5.74, 6) is -4.24. The lowest BCUT2D eigenvalue weighted by Gasteiger charge is -2.35. The summed E-state index contributed by atoms with van der Waals surface area (Å²) in [6.07, 6.45) is 0. The van der Waals surface area contributed by atoms with Gasteiger partial charge in [0.25, 0.3) is 5.91 Å². The molecule has 3 rings (SSSR count). The van der Waals surface area contributed by atoms with Gasteiger partial charge in [-0.25, -0.2) is 18.3 Å². The van der Waals surface area contributed by atoms with Crippen LogP contribution in [-0.2, 0) is 12.1 Å². The van der Waals surface area contributed by atoms with Gasteiger partial charge in [0.15, 0.2) is 17.3 Å². The fraction of sp³-hybridized carbons (Fsp3) is 0.231. The number of aromatic carboxylic acids is 1. The number of carbonyl (C=O) groups is 2. The second-order valence-corrected chi connectivity index (χ2v) is 5.64. The minimum Gasteiger partial charge on any atom is -0.476 e. The van der Waals surface area contributed by atoms with Gasteiger partial charge in [-0.2, -0.15) is 0 Å². The zero-order chi connectivity index (χ0) is 16.9. The van der Waals surface area contributed by atoms with Gasteiger partial charge in [0.05, 0.1) is 12.1 Å². The maximum absolute atomic E-state index is 14.2. The summed E-state index contributed by atoms with van der Waals surface area (Å²) in [7, 11) is 1.60. The first-order valence-electron chi connectivity index (χ1n) is 6.68. The first kappa shape index (κ1) is 15.1. The molecular weight excluding hydrogens is 309 g/mol. The lowest BCUT2D eigenvalue weighted by molar-refractivity contribution is 0.0678. The van der Waals surface area contributed by atoms with Crippen LogP contribution in [0.5, 0.6) is 0 Å². The molecule has 118 valence electrons. The molecule has 0 aliphatic carbocycles. The zero-order valence-corrected chi connectivity index (χ0v) is 12.2. The number of rotatable bonds is 2. The number of hydrogen-bond donors (Lipinski definition) is 2. The van der Waals surface area contributed by atoms with E-state index >= 15 is 0 Å². The Kier molecular flexibility index (Phi) is 3.20. The molecule has 1 aromatic carbocycles. The Balaban J connectivity index is 2.12. The number of nitrogens with zero attached hydrogens (tertiary/aromatic N) is 3. The molecule has 1 amide bonds. The van der Waals surface area contributed by atoms with Crippen LogP contribution >= 0.6 is 0 Å². The van der Waals surface area contributed by atoms with E-state index in [2.05, 4.69) is 15.6 Å². The summed E-state index contributed by atoms with van der Waals surface area (Å²) in [6.45, 7) is 1.43. The third-order valence-corrected chi connectivity index (χ3v) is 3.78. The summed E-state index contributed by atoms with van der Waals surface area (Å²) in [4.78, 5) is 23.3. The molecule has 1 aromatic heterocycles. The number of amides is 1. The standard InChI is InChI=1S/C13H11BF2N4O3/c1-13(6-2-5(14)3-7(15)8(6)16)4-20-10(11(21)17-13)9(12(22)23)18-19-20/h2-3H,4,14H2,1H3,(H,17,21)(H,22,23)/t13-/m0/s1. The number of benzene rings is 1. The van der Waals surface area contributed by atoms with Crippen LogP contribution in [0.1, 0.15) is 33.5 Å². The van der Waals surface area contributed by atoms with Crippen LogP contribution in [0.2, 0.25) is 0 Å². The van der Waals surface area contributed by atoms with E-state index in [9.17, 15) is 18.4 Å². The summed E-state index contributed by atoms with van der Waals surface area (Å²) in [5.41, 5.74) is -1.54. The number of halogens is 2. The number of carbonyl (C=O) groups excluding carboxylic acids is 1. The van der Waals surface area contributed by atoms with E-state index in [1.54, 1.807) is 7.85 Å². The van der Waals surface area contributed by atoms with Gasteiger partial charge < -0.3 is 10.4 Å². The van der Waals surface area contributed by atoms with E-state index in [1.165, 1.54) is 13.0 Å². The van der Waals surface area contributed by atoms with Crippen molar-refractivity contribution in [3.63, 3.8) is 0 Å². The number of nitrogens with one attached hydrogen (secondary N) is 1. The normalized spacial score (nSPS) is 20.0. The Hall–Kier alpha value is -2.78. The Morgan fingerprint density at radius 1 is 1.48 bits per heavy atom. The fourth-order valence-corrected chi connectivity index (χ4v) is 2.72. The summed E-state index contributed by atoms with van der Waals surface area (Å²) in [6, 6.07) is 2.48. The van der Waals surface area contributed by atoms with Crippen LogP contribution < -0.4 is 10.8 Å². The van der Waals surface area contributed by atoms with Gasteiger partial charge in [0.1, 0.15) is 7.85 Å². The zero-order valence-electron chi connectivity index (χ0n) is 12.2. The van der Waals surface area contributed by atoms with E-state index in [1.807, 2.05) is 0 Å². The third-order valence-electron chi connectivity index (χ3n) is 3.78. The molecule has 2 aromatic rings. The molecule has 0 spiro atoms. The van der Waals surface area contributed by atoms with E-state index < -0.39 is 34.7 Å². The van der Waals surface area contributed by atoms with Gasteiger partial charge in [-0.15, -0.1) is 5.10 Å². The Morgan fingerprint density at radius 2 is 2.17 bits per heavy atom. The van der Waals surface area contributed by atoms with Crippen molar-refractivity contribution in [2.75, 3.05) is 0 Å². The first-order chi connectivity index (χ1) is 10.7. The minimum absolute atomic E-state index is 0.0404. The van der Waals surface area contributed by atoms with Crippen molar-refractivity contribution in [2.24, 2.45) is 0 Å². The molecule has 1 aliphatic rings. The number of fused-ring (bicyclic) bond motifs is 1. The molecule has 7 nitrogen and oxygen atoms in total. The SMILES string of the molecule is Bc1cc(F)c(F)c([C@]2(C)Cn3nnc(C(=O)O)c3C(=O)N2)c1. The average Bonchev–Trinajstić information content (AvgIpc) is 2.86. The number of carboxylic acids is 1. The molecule has 0 radical (unpaired) electrons. The predicted octanol–water partition coefficient (Wildman–Crippen LogP) is -0.828. The Labute approximate surface area is 129 Å². The summed E-state index contributed by atoms with van der Waals surface area (Å²) >= 11 is 0. The highest BCUT2D eigenvalue weighted by Gasteiger charge is 2.41. The molecule has 23 heavy (non-hydrogen) atoms. The molecule has 1 aliphatic heterocycles. The second-order valence-electron chi connectivity index (χ2n) is 5.64. The van der Waals surface area contributed by atoms with Crippen molar-refractivity contribution in [1.29, 1.82) is 0 Å². The quantitative estimate of drug-likeness (QED) is 0.704. The molecule has 2 N–H and O–H groups in total. The number of carboxylic acid groups (broad SMARTS) is 1. The van der Waals surface area contributed by atoms with Crippen molar-refractivity contribution < 1.29 is 23.5 Å². The van der Waals surface area contributed by atoms with Crippen LogP contribution in [0.4, 0.5) is 8.78 Å². The van der Waals surface area contributed by atoms with Crippen molar-refractivity contribution in [2.45, 2.75) is 19.0 Å². The first-order valence-corrected chi connectivity index (χ1v) is 6.68. The van der Waals surface area contributed by atoms with Crippen LogP contribution in [0.3, 0.4) is 0 Å². The van der Waals surface area contributed by atoms with E-state index in [0.717, 1.165) is 10.7 Å². The van der Waals surface area contributed by atoms with Crippen molar-refractivity contribution in [1.82, 2.24) is 20.3 Å². The summed E-state index contributed by atoms with van der Waals surface area (Å²) in [5, 5.41) is 18.6. The van der Waals surface area contributed by atoms with Crippen LogP contribution in [-0.4, -0.2) is 39.8 Å². The highest BCUT2D eigenvalue weighted by molar-refractivity contribution is 6.32. The van der Waals surface area contributed by atoms with Gasteiger partial charge >= 0.3 is 5.97 Å². The smallest absolute Gasteiger partial charge is 0.358 e. The Bertz CT molecular complexity index is 854. The summed E-state index contributed by atoms with van der Waals surface area (Å²) < 4.78 is 28.9. The maximum atomic E-state index is 14.2. The third kappa shape index (κ3) is 2.26. The molecule has 1 atom stereocenters. The lowest BCUT2D eigenvalue weighted by atomic mass is 9.84. The van der Waals surface area contributed by atoms with E-state index in [-0.39, 0.29) is 17.8 Å². The average molecular weight is 320 g/mol. The molecule has 10 heteroatoms. The minimum atomic E-state index is -1.39. The van der Waals surface area contributed by atoms with Crippen molar-refractivity contribution >= 4 is 25.2 Å². The molecule has 0 unspecified atom stereocenters. The molecule has 0 bridgehead atoms. The highest BCUT2D eigenvalue weighted by Crippen LogP contribution is 2.30. The lowest BCUT2D eigenvalue weighted by Crippen LogP contribution is -2.52. The van der Waals surface area contributed by atoms with Crippen LogP contribution in [0, 0.1) is 11.6 Å². The number of aromatic nitrogens is 3. The van der Waals surface area contributed by atoms with E-state index in [0.29, 0.717) is 5.46 Å². The molecule has 0 saturated heterocycles. The predicted molar refractivity (Wildman–Crippen MR) is 76.3 cm³/mol. The van der Waals surface area contributed by atoms with Gasteiger partial charge in [-0.1, -0.05) is 16.7 Å². The monoisotopic (exact) mass is 320 g/mol. The van der Waals surface area contributed by atoms with Gasteiger partial charge in [0.2, 0.25) is 5.69 Å². The fourth-order valence-electron chi connectivity index (χ4n) is 2.72. The van der Waals surface area contributed by atoms with Crippen molar-refractivity contribution in [3.05, 3.63) is 40.7 Å². The van der Waals surface area contributed by atoms with Crippen molar-refractivity contribution in [3.8, 4) is 0 Å². The maximum Gasteiger partial charge on any atom is 0.358 e. The molecule has 2 heterocycles. The molecular formula is C13H11BF2N4O3. The Morgan fingerprint density at radius 3 is 2.83 bits per heavy atom.